The fourth-order valence-electron chi connectivity index (χ4n) is 2.33. The highest BCUT2D eigenvalue weighted by Crippen LogP contribution is 2.26. The minimum atomic E-state index is 0.221. The summed E-state index contributed by atoms with van der Waals surface area (Å²) in [6.45, 7) is 2.00. The second-order valence-corrected chi connectivity index (χ2v) is 5.23. The van der Waals surface area contributed by atoms with E-state index in [1.807, 2.05) is 31.2 Å². The lowest BCUT2D eigenvalue weighted by molar-refractivity contribution is 0.431. The molecule has 24 heavy (non-hydrogen) atoms. The van der Waals surface area contributed by atoms with Crippen molar-refractivity contribution in [2.45, 2.75) is 6.92 Å². The molecule has 8 nitrogen and oxygen atoms in total. The molecule has 0 spiro atoms. The molecule has 3 aromatic heterocycles. The molecule has 2 N–H and O–H groups in total. The van der Waals surface area contributed by atoms with Gasteiger partial charge in [0.2, 0.25) is 5.82 Å². The number of hydrogen-bond donors (Lipinski definition) is 1. The van der Waals surface area contributed by atoms with Crippen LogP contribution in [-0.4, -0.2) is 30.1 Å². The molecule has 0 amide bonds. The Hall–Kier alpha value is -3.55. The van der Waals surface area contributed by atoms with E-state index in [-0.39, 0.29) is 5.89 Å². The number of anilines is 1. The van der Waals surface area contributed by atoms with Gasteiger partial charge < -0.3 is 10.3 Å². The molecule has 4 rings (SSSR count). The number of nitrogens with two attached hydrogens (primary N) is 1. The first-order valence-electron chi connectivity index (χ1n) is 7.25. The molecule has 0 saturated heterocycles. The summed E-state index contributed by atoms with van der Waals surface area (Å²) in [6, 6.07) is 11.4. The molecule has 0 radical (unpaired) electrons. The molecule has 0 bridgehead atoms. The number of hydrogen-bond acceptors (Lipinski definition) is 7. The molecular formula is C16H13N7O. The Balaban J connectivity index is 1.73. The van der Waals surface area contributed by atoms with Crippen molar-refractivity contribution in [2.24, 2.45) is 0 Å². The van der Waals surface area contributed by atoms with E-state index in [1.165, 1.54) is 0 Å². The molecule has 0 aliphatic heterocycles. The average Bonchev–Trinajstić information content (AvgIpc) is 3.22. The fourth-order valence-corrected chi connectivity index (χ4v) is 2.33. The number of aromatic nitrogens is 6. The minimum absolute atomic E-state index is 0.221. The summed E-state index contributed by atoms with van der Waals surface area (Å²) >= 11 is 0. The quantitative estimate of drug-likeness (QED) is 0.617. The predicted octanol–water partition coefficient (Wildman–Crippen LogP) is 2.27. The van der Waals surface area contributed by atoms with Gasteiger partial charge in [-0.25, -0.2) is 0 Å². The molecule has 0 fully saturated rings. The first-order valence-corrected chi connectivity index (χ1v) is 7.25. The second kappa shape index (κ2) is 5.58. The van der Waals surface area contributed by atoms with Crippen LogP contribution >= 0.6 is 0 Å². The molecule has 0 aliphatic carbocycles. The highest BCUT2D eigenvalue weighted by Gasteiger charge is 2.19. The summed E-state index contributed by atoms with van der Waals surface area (Å²) in [5.74, 6) is 1.00. The van der Waals surface area contributed by atoms with Gasteiger partial charge in [-0.3, -0.25) is 4.98 Å². The third kappa shape index (κ3) is 2.39. The molecule has 0 atom stereocenters. The van der Waals surface area contributed by atoms with Gasteiger partial charge in [0.1, 0.15) is 0 Å². The first kappa shape index (κ1) is 14.1. The highest BCUT2D eigenvalue weighted by molar-refractivity contribution is 5.66. The van der Waals surface area contributed by atoms with Crippen molar-refractivity contribution in [3.8, 4) is 28.7 Å². The van der Waals surface area contributed by atoms with Crippen LogP contribution in [0.25, 0.3) is 28.7 Å². The molecule has 8 heteroatoms. The van der Waals surface area contributed by atoms with Crippen LogP contribution in [0.15, 0.2) is 53.3 Å². The van der Waals surface area contributed by atoms with Crippen LogP contribution in [0.2, 0.25) is 0 Å². The van der Waals surface area contributed by atoms with Crippen molar-refractivity contribution < 1.29 is 4.52 Å². The topological polar surface area (TPSA) is 109 Å². The molecule has 0 aliphatic rings. The zero-order valence-electron chi connectivity index (χ0n) is 12.8. The molecule has 4 aromatic rings. The Morgan fingerprint density at radius 2 is 1.96 bits per heavy atom. The van der Waals surface area contributed by atoms with Crippen molar-refractivity contribution >= 4 is 5.82 Å². The van der Waals surface area contributed by atoms with E-state index < -0.39 is 0 Å². The molecular weight excluding hydrogens is 306 g/mol. The smallest absolute Gasteiger partial charge is 0.282 e. The maximum Gasteiger partial charge on any atom is 0.282 e. The van der Waals surface area contributed by atoms with Crippen molar-refractivity contribution in [3.05, 3.63) is 54.4 Å². The minimum Gasteiger partial charge on any atom is -0.382 e. The van der Waals surface area contributed by atoms with Gasteiger partial charge in [-0.05, 0) is 36.8 Å². The first-order chi connectivity index (χ1) is 11.7. The summed E-state index contributed by atoms with van der Waals surface area (Å²) < 4.78 is 6.82. The predicted molar refractivity (Wildman–Crippen MR) is 87.0 cm³/mol. The zero-order chi connectivity index (χ0) is 16.5. The van der Waals surface area contributed by atoms with Crippen LogP contribution in [0.3, 0.4) is 0 Å². The van der Waals surface area contributed by atoms with Gasteiger partial charge in [0.25, 0.3) is 5.89 Å². The normalized spacial score (nSPS) is 10.9. The third-order valence-electron chi connectivity index (χ3n) is 3.52. The number of nitrogen functional groups attached to an aromatic ring is 1. The van der Waals surface area contributed by atoms with E-state index in [0.717, 1.165) is 16.8 Å². The van der Waals surface area contributed by atoms with Crippen LogP contribution in [0, 0.1) is 6.92 Å². The molecule has 0 unspecified atom stereocenters. The Bertz CT molecular complexity index is 991. The van der Waals surface area contributed by atoms with Crippen molar-refractivity contribution in [1.82, 2.24) is 30.1 Å². The van der Waals surface area contributed by atoms with Crippen molar-refractivity contribution in [3.63, 3.8) is 0 Å². The van der Waals surface area contributed by atoms with Gasteiger partial charge in [0, 0.05) is 18.0 Å². The monoisotopic (exact) mass is 319 g/mol. The van der Waals surface area contributed by atoms with Crippen LogP contribution in [0.4, 0.5) is 5.82 Å². The summed E-state index contributed by atoms with van der Waals surface area (Å²) in [4.78, 5) is 8.30. The lowest BCUT2D eigenvalue weighted by Gasteiger charge is -2.03. The number of benzene rings is 1. The van der Waals surface area contributed by atoms with E-state index >= 15 is 0 Å². The van der Waals surface area contributed by atoms with Crippen LogP contribution in [0.1, 0.15) is 5.56 Å². The van der Waals surface area contributed by atoms with Gasteiger partial charge >= 0.3 is 0 Å². The average molecular weight is 319 g/mol. The molecule has 1 aromatic carbocycles. The summed E-state index contributed by atoms with van der Waals surface area (Å²) in [7, 11) is 0. The van der Waals surface area contributed by atoms with E-state index in [1.54, 1.807) is 29.2 Å². The zero-order valence-corrected chi connectivity index (χ0v) is 12.8. The largest absolute Gasteiger partial charge is 0.382 e. The maximum absolute atomic E-state index is 6.17. The van der Waals surface area contributed by atoms with Crippen molar-refractivity contribution in [1.29, 1.82) is 0 Å². The second-order valence-electron chi connectivity index (χ2n) is 5.23. The van der Waals surface area contributed by atoms with Gasteiger partial charge in [-0.2, -0.15) is 9.67 Å². The van der Waals surface area contributed by atoms with E-state index in [9.17, 15) is 0 Å². The van der Waals surface area contributed by atoms with Gasteiger partial charge in [0.15, 0.2) is 11.5 Å². The third-order valence-corrected chi connectivity index (χ3v) is 3.52. The van der Waals surface area contributed by atoms with E-state index in [4.69, 9.17) is 10.3 Å². The summed E-state index contributed by atoms with van der Waals surface area (Å²) in [5.41, 5.74) is 9.23. The SMILES string of the molecule is Cc1cccc(-n2nnc(-c3nc(-c4ccncc4)no3)c2N)c1. The summed E-state index contributed by atoms with van der Waals surface area (Å²) in [5, 5.41) is 12.1. The fraction of sp³-hybridized carbons (Fsp3) is 0.0625. The molecule has 3 heterocycles. The number of aryl methyl sites for hydroxylation is 1. The lowest BCUT2D eigenvalue weighted by Crippen LogP contribution is -2.02. The lowest BCUT2D eigenvalue weighted by atomic mass is 10.2. The van der Waals surface area contributed by atoms with Crippen molar-refractivity contribution in [2.75, 3.05) is 5.73 Å². The van der Waals surface area contributed by atoms with Gasteiger partial charge in [-0.15, -0.1) is 5.10 Å². The van der Waals surface area contributed by atoms with Crippen LogP contribution in [0.5, 0.6) is 0 Å². The maximum atomic E-state index is 6.17. The van der Waals surface area contributed by atoms with E-state index in [0.29, 0.717) is 17.3 Å². The Morgan fingerprint density at radius 3 is 2.75 bits per heavy atom. The Labute approximate surface area is 137 Å². The Kier molecular flexibility index (Phi) is 3.27. The number of nitrogens with zero attached hydrogens (tertiary/aromatic N) is 6. The van der Waals surface area contributed by atoms with E-state index in [2.05, 4.69) is 25.4 Å². The van der Waals surface area contributed by atoms with Crippen LogP contribution in [-0.2, 0) is 0 Å². The summed E-state index contributed by atoms with van der Waals surface area (Å²) in [6.07, 6.45) is 3.32. The Morgan fingerprint density at radius 1 is 1.12 bits per heavy atom. The highest BCUT2D eigenvalue weighted by atomic mass is 16.5. The molecule has 0 saturated carbocycles. The number of pyridine rings is 1. The standard InChI is InChI=1S/C16H13N7O/c1-10-3-2-4-12(9-10)23-14(17)13(20-22-23)16-19-15(21-24-16)11-5-7-18-8-6-11/h2-9H,17H2,1H3. The van der Waals surface area contributed by atoms with Gasteiger partial charge in [0.05, 0.1) is 5.69 Å². The molecule has 118 valence electrons. The van der Waals surface area contributed by atoms with Gasteiger partial charge in [-0.1, -0.05) is 22.5 Å². The number of rotatable bonds is 3. The van der Waals surface area contributed by atoms with Crippen LogP contribution < -0.4 is 5.73 Å².